The number of ether oxygens (including phenoxy) is 6. The van der Waals surface area contributed by atoms with Crippen molar-refractivity contribution >= 4 is 5.97 Å². The molecule has 16 unspecified atom stereocenters. The summed E-state index contributed by atoms with van der Waals surface area (Å²) in [5, 5.41) is 104. The van der Waals surface area contributed by atoms with Crippen molar-refractivity contribution in [3.63, 3.8) is 0 Å². The number of rotatable bonds is 10. The fourth-order valence-corrected chi connectivity index (χ4v) is 8.92. The molecule has 6 rings (SSSR count). The van der Waals surface area contributed by atoms with Gasteiger partial charge in [-0.05, 0) is 76.0 Å². The van der Waals surface area contributed by atoms with Crippen LogP contribution in [0.3, 0.4) is 0 Å². The van der Waals surface area contributed by atoms with E-state index in [1.165, 1.54) is 6.08 Å². The third kappa shape index (κ3) is 9.77. The van der Waals surface area contributed by atoms with Gasteiger partial charge in [0.05, 0.1) is 49.3 Å². The van der Waals surface area contributed by atoms with Crippen molar-refractivity contribution in [3.8, 4) is 0 Å². The van der Waals surface area contributed by atoms with Gasteiger partial charge in [-0.3, -0.25) is 0 Å². The maximum atomic E-state index is 12.5. The molecule has 3 heterocycles. The maximum absolute atomic E-state index is 12.5. The van der Waals surface area contributed by atoms with Crippen molar-refractivity contribution < 1.29 is 84.3 Å². The molecule has 3 saturated heterocycles. The highest BCUT2D eigenvalue weighted by Crippen LogP contribution is 2.45. The Hall–Kier alpha value is -1.39. The van der Waals surface area contributed by atoms with Gasteiger partial charge in [0.25, 0.3) is 0 Å². The highest BCUT2D eigenvalue weighted by molar-refractivity contribution is 5.81. The van der Waals surface area contributed by atoms with E-state index in [9.17, 15) is 55.9 Å². The lowest BCUT2D eigenvalue weighted by molar-refractivity contribution is -0.344. The van der Waals surface area contributed by atoms with E-state index in [2.05, 4.69) is 0 Å². The van der Waals surface area contributed by atoms with Crippen LogP contribution in [0.5, 0.6) is 0 Å². The van der Waals surface area contributed by atoms with E-state index in [1.807, 2.05) is 0 Å². The SMILES string of the molecule is O=C(C=CC1CCC(O)CC1)OCC1OC(OC2CC(O)CC3OC(C4CCC(O)CC4)C(OC4OC(CO)C(O)C(O)C4O)CC23)C(O)C(O)C1O. The van der Waals surface area contributed by atoms with Gasteiger partial charge in [0.15, 0.2) is 12.6 Å². The fourth-order valence-electron chi connectivity index (χ4n) is 8.92. The van der Waals surface area contributed by atoms with Crippen LogP contribution < -0.4 is 0 Å². The second kappa shape index (κ2) is 18.3. The van der Waals surface area contributed by atoms with Gasteiger partial charge < -0.3 is 79.5 Å². The highest BCUT2D eigenvalue weighted by atomic mass is 16.7. The molecule has 3 aliphatic heterocycles. The molecule has 3 saturated carbocycles. The van der Waals surface area contributed by atoms with Gasteiger partial charge in [0, 0.05) is 18.4 Å². The first-order valence-electron chi connectivity index (χ1n) is 19.2. The Labute approximate surface area is 308 Å². The lowest BCUT2D eigenvalue weighted by Crippen LogP contribution is -2.63. The minimum Gasteiger partial charge on any atom is -0.460 e. The number of carbonyl (C=O) groups excluding carboxylic acids is 1. The Morgan fingerprint density at radius 3 is 1.79 bits per heavy atom. The Morgan fingerprint density at radius 2 is 1.17 bits per heavy atom. The van der Waals surface area contributed by atoms with Crippen molar-refractivity contribution in [2.45, 2.75) is 175 Å². The van der Waals surface area contributed by atoms with E-state index < -0.39 is 123 Å². The van der Waals surface area contributed by atoms with Gasteiger partial charge in [-0.25, -0.2) is 4.79 Å². The third-order valence-electron chi connectivity index (χ3n) is 12.1. The van der Waals surface area contributed by atoms with E-state index in [4.69, 9.17) is 28.4 Å². The summed E-state index contributed by atoms with van der Waals surface area (Å²) >= 11 is 0. The molecule has 304 valence electrons. The summed E-state index contributed by atoms with van der Waals surface area (Å²) in [7, 11) is 0. The Kier molecular flexibility index (Phi) is 14.2. The molecule has 53 heavy (non-hydrogen) atoms. The molecule has 0 spiro atoms. The molecule has 0 aromatic rings. The topological polar surface area (TPSA) is 275 Å². The maximum Gasteiger partial charge on any atom is 0.330 e. The van der Waals surface area contributed by atoms with Crippen LogP contribution >= 0.6 is 0 Å². The number of aliphatic hydroxyl groups excluding tert-OH is 10. The van der Waals surface area contributed by atoms with Crippen molar-refractivity contribution in [2.24, 2.45) is 17.8 Å². The molecule has 17 nitrogen and oxygen atoms in total. The molecule has 0 amide bonds. The molecule has 10 N–H and O–H groups in total. The van der Waals surface area contributed by atoms with Crippen LogP contribution in [0.15, 0.2) is 12.2 Å². The second-order valence-corrected chi connectivity index (χ2v) is 15.9. The average molecular weight is 763 g/mol. The zero-order valence-corrected chi connectivity index (χ0v) is 29.7. The molecule has 6 aliphatic rings. The number of fused-ring (bicyclic) bond motifs is 1. The summed E-state index contributed by atoms with van der Waals surface area (Å²) < 4.78 is 36.1. The summed E-state index contributed by atoms with van der Waals surface area (Å²) in [6.45, 7) is -1.09. The van der Waals surface area contributed by atoms with E-state index in [0.29, 0.717) is 38.5 Å². The van der Waals surface area contributed by atoms with Crippen molar-refractivity contribution in [3.05, 3.63) is 12.2 Å². The summed E-state index contributed by atoms with van der Waals surface area (Å²) in [6.07, 6.45) is -11.0. The van der Waals surface area contributed by atoms with Crippen LogP contribution in [0.25, 0.3) is 0 Å². The molecular formula is C36H58O17. The number of carbonyl (C=O) groups is 1. The van der Waals surface area contributed by atoms with Crippen LogP contribution in [0.4, 0.5) is 0 Å². The Bertz CT molecular complexity index is 1190. The molecule has 0 aromatic carbocycles. The predicted octanol–water partition coefficient (Wildman–Crippen LogP) is -2.51. The van der Waals surface area contributed by atoms with Crippen LogP contribution in [0, 0.1) is 17.8 Å². The summed E-state index contributed by atoms with van der Waals surface area (Å²) in [5.41, 5.74) is 0. The molecule has 0 radical (unpaired) electrons. The molecule has 0 bridgehead atoms. The van der Waals surface area contributed by atoms with E-state index >= 15 is 0 Å². The van der Waals surface area contributed by atoms with E-state index in [0.717, 1.165) is 12.8 Å². The van der Waals surface area contributed by atoms with Crippen molar-refractivity contribution in [2.75, 3.05) is 13.2 Å². The molecule has 17 heteroatoms. The van der Waals surface area contributed by atoms with Crippen LogP contribution in [-0.4, -0.2) is 174 Å². The lowest BCUT2D eigenvalue weighted by Gasteiger charge is -2.52. The van der Waals surface area contributed by atoms with Crippen molar-refractivity contribution in [1.82, 2.24) is 0 Å². The molecule has 16 atom stereocenters. The van der Waals surface area contributed by atoms with Crippen LogP contribution in [0.1, 0.15) is 70.6 Å². The largest absolute Gasteiger partial charge is 0.460 e. The predicted molar refractivity (Wildman–Crippen MR) is 178 cm³/mol. The summed E-state index contributed by atoms with van der Waals surface area (Å²) in [6, 6.07) is 0. The van der Waals surface area contributed by atoms with Gasteiger partial charge in [-0.15, -0.1) is 0 Å². The van der Waals surface area contributed by atoms with Gasteiger partial charge >= 0.3 is 5.97 Å². The first-order valence-corrected chi connectivity index (χ1v) is 19.2. The lowest BCUT2D eigenvalue weighted by atomic mass is 9.73. The number of aliphatic hydroxyl groups is 10. The standard InChI is InChI=1S/C36H58O17/c37-14-25-28(42)30(44)32(46)36(52-25)51-24-13-21-22(49-34(24)17-4-8-19(39)9-5-17)11-20(40)12-23(21)50-35-33(47)31(45)29(43)26(53-35)15-48-27(41)10-3-16-1-6-18(38)7-2-16/h3,10,16-26,28-40,42-47H,1-2,4-9,11-15H2. The van der Waals surface area contributed by atoms with Crippen LogP contribution in [-0.2, 0) is 33.2 Å². The van der Waals surface area contributed by atoms with Gasteiger partial charge in [0.2, 0.25) is 0 Å². The Balaban J connectivity index is 1.14. The minimum absolute atomic E-state index is 0.0679. The molecule has 3 aliphatic carbocycles. The third-order valence-corrected chi connectivity index (χ3v) is 12.1. The fraction of sp³-hybridized carbons (Fsp3) is 0.917. The van der Waals surface area contributed by atoms with E-state index in [-0.39, 0.29) is 37.2 Å². The van der Waals surface area contributed by atoms with Crippen LogP contribution in [0.2, 0.25) is 0 Å². The van der Waals surface area contributed by atoms with E-state index in [1.54, 1.807) is 6.08 Å². The summed E-state index contributed by atoms with van der Waals surface area (Å²) in [4.78, 5) is 12.5. The summed E-state index contributed by atoms with van der Waals surface area (Å²) in [5.74, 6) is -1.11. The van der Waals surface area contributed by atoms with Crippen molar-refractivity contribution in [1.29, 1.82) is 0 Å². The number of hydrogen-bond acceptors (Lipinski definition) is 17. The van der Waals surface area contributed by atoms with Gasteiger partial charge in [-0.2, -0.15) is 0 Å². The first kappa shape index (κ1) is 41.2. The highest BCUT2D eigenvalue weighted by Gasteiger charge is 2.53. The molecule has 0 aromatic heterocycles. The van der Waals surface area contributed by atoms with Gasteiger partial charge in [-0.1, -0.05) is 6.08 Å². The quantitative estimate of drug-likeness (QED) is 0.0813. The number of allylic oxidation sites excluding steroid dienone is 1. The zero-order valence-electron chi connectivity index (χ0n) is 29.7. The number of hydrogen-bond donors (Lipinski definition) is 10. The zero-order chi connectivity index (χ0) is 38.0. The Morgan fingerprint density at radius 1 is 0.604 bits per heavy atom. The first-order chi connectivity index (χ1) is 25.3. The van der Waals surface area contributed by atoms with Gasteiger partial charge in [0.1, 0.15) is 55.4 Å². The molecule has 6 fully saturated rings. The number of esters is 1. The minimum atomic E-state index is -1.72. The molecular weight excluding hydrogens is 704 g/mol. The normalized spacial score (nSPS) is 49.7. The second-order valence-electron chi connectivity index (χ2n) is 15.9. The monoisotopic (exact) mass is 762 g/mol. The average Bonchev–Trinajstić information content (AvgIpc) is 3.14. The smallest absolute Gasteiger partial charge is 0.330 e.